The highest BCUT2D eigenvalue weighted by atomic mass is 35.5. The first-order valence-corrected chi connectivity index (χ1v) is 8.42. The van der Waals surface area contributed by atoms with Crippen molar-refractivity contribution in [2.45, 2.75) is 31.7 Å². The van der Waals surface area contributed by atoms with Crippen molar-refractivity contribution < 1.29 is 9.21 Å². The molecule has 6 nitrogen and oxygen atoms in total. The fraction of sp³-hybridized carbons (Fsp3) is 0.312. The lowest BCUT2D eigenvalue weighted by molar-refractivity contribution is 0.0916. The highest BCUT2D eigenvalue weighted by Gasteiger charge is 2.16. The summed E-state index contributed by atoms with van der Waals surface area (Å²) in [5, 5.41) is 4.22. The lowest BCUT2D eigenvalue weighted by Gasteiger charge is -2.15. The average Bonchev–Trinajstić information content (AvgIpc) is 3.06. The molecule has 1 aliphatic rings. The molecular weight excluding hydrogens is 350 g/mol. The number of hydrogen-bond donors (Lipinski definition) is 3. The number of rotatable bonds is 2. The van der Waals surface area contributed by atoms with Gasteiger partial charge in [-0.1, -0.05) is 24.4 Å². The van der Waals surface area contributed by atoms with Gasteiger partial charge in [-0.15, -0.1) is 0 Å². The van der Waals surface area contributed by atoms with E-state index >= 15 is 0 Å². The van der Waals surface area contributed by atoms with E-state index in [4.69, 9.17) is 28.2 Å². The summed E-state index contributed by atoms with van der Waals surface area (Å²) in [7, 11) is 0. The largest absolute Gasteiger partial charge is 0.451 e. The molecule has 0 bridgehead atoms. The van der Waals surface area contributed by atoms with Crippen LogP contribution in [0.3, 0.4) is 0 Å². The van der Waals surface area contributed by atoms with Crippen LogP contribution in [0.2, 0.25) is 5.02 Å². The maximum absolute atomic E-state index is 12.1. The third-order valence-corrected chi connectivity index (χ3v) is 4.35. The molecule has 0 unspecified atom stereocenters. The molecule has 3 rings (SSSR count). The number of thiocarbonyl (C=S) groups is 1. The van der Waals surface area contributed by atoms with Gasteiger partial charge in [-0.2, -0.15) is 0 Å². The van der Waals surface area contributed by atoms with E-state index < -0.39 is 5.91 Å². The fourth-order valence-electron chi connectivity index (χ4n) is 2.71. The minimum absolute atomic E-state index is 0.106. The zero-order chi connectivity index (χ0) is 17.1. The fourth-order valence-corrected chi connectivity index (χ4v) is 3.10. The molecule has 8 heteroatoms. The number of fused-ring (bicyclic) bond motifs is 1. The topological polar surface area (TPSA) is 83.4 Å². The quantitative estimate of drug-likeness (QED) is 0.560. The number of carbonyl (C=O) groups excluding carboxylic acids is 1. The maximum Gasteiger partial charge on any atom is 0.305 e. The minimum atomic E-state index is -0.584. The standard InChI is InChI=1S/C16H16ClN3O3S/c17-9-5-6-13-11(7-9)12(21)8-14(23-13)15(22)19-20-16(24)18-10-3-1-2-4-10/h5-8,10H,1-4H2,(H,19,22)(H2,18,20,24). The van der Waals surface area contributed by atoms with Crippen LogP contribution in [0.25, 0.3) is 11.0 Å². The third kappa shape index (κ3) is 3.85. The van der Waals surface area contributed by atoms with Gasteiger partial charge in [0.2, 0.25) is 0 Å². The van der Waals surface area contributed by atoms with E-state index in [1.165, 1.54) is 18.9 Å². The van der Waals surface area contributed by atoms with E-state index in [1.54, 1.807) is 12.1 Å². The summed E-state index contributed by atoms with van der Waals surface area (Å²) in [6.07, 6.45) is 4.49. The summed E-state index contributed by atoms with van der Waals surface area (Å²) in [5.74, 6) is -0.689. The van der Waals surface area contributed by atoms with Gasteiger partial charge in [0, 0.05) is 17.1 Å². The summed E-state index contributed by atoms with van der Waals surface area (Å²) in [4.78, 5) is 24.2. The lowest BCUT2D eigenvalue weighted by Crippen LogP contribution is -2.49. The van der Waals surface area contributed by atoms with Crippen molar-refractivity contribution in [3.63, 3.8) is 0 Å². The Morgan fingerprint density at radius 2 is 1.96 bits per heavy atom. The molecule has 0 aliphatic heterocycles. The van der Waals surface area contributed by atoms with Gasteiger partial charge in [-0.3, -0.25) is 20.4 Å². The normalized spacial score (nSPS) is 14.5. The number of halogens is 1. The van der Waals surface area contributed by atoms with Gasteiger partial charge < -0.3 is 9.73 Å². The monoisotopic (exact) mass is 365 g/mol. The van der Waals surface area contributed by atoms with E-state index in [-0.39, 0.29) is 11.2 Å². The Labute approximate surface area is 148 Å². The Morgan fingerprint density at radius 1 is 1.21 bits per heavy atom. The predicted octanol–water partition coefficient (Wildman–Crippen LogP) is 2.50. The first-order valence-electron chi connectivity index (χ1n) is 7.63. The number of benzene rings is 1. The lowest BCUT2D eigenvalue weighted by atomic mass is 10.2. The van der Waals surface area contributed by atoms with E-state index in [0.717, 1.165) is 18.9 Å². The third-order valence-electron chi connectivity index (χ3n) is 3.89. The van der Waals surface area contributed by atoms with Gasteiger partial charge in [0.25, 0.3) is 0 Å². The second-order valence-corrected chi connectivity index (χ2v) is 6.49. The molecule has 1 aromatic heterocycles. The Bertz CT molecular complexity index is 846. The molecule has 0 saturated heterocycles. The molecule has 0 atom stereocenters. The van der Waals surface area contributed by atoms with Crippen LogP contribution < -0.4 is 21.6 Å². The van der Waals surface area contributed by atoms with E-state index in [9.17, 15) is 9.59 Å². The molecule has 1 amide bonds. The molecule has 2 aromatic rings. The van der Waals surface area contributed by atoms with Gasteiger partial charge >= 0.3 is 5.91 Å². The van der Waals surface area contributed by atoms with Gasteiger partial charge in [0.1, 0.15) is 5.58 Å². The molecule has 1 fully saturated rings. The van der Waals surface area contributed by atoms with Gasteiger partial charge in [0.05, 0.1) is 5.39 Å². The summed E-state index contributed by atoms with van der Waals surface area (Å²) in [6.45, 7) is 0. The van der Waals surface area contributed by atoms with Crippen LogP contribution in [-0.4, -0.2) is 17.1 Å². The van der Waals surface area contributed by atoms with Crippen molar-refractivity contribution in [3.8, 4) is 0 Å². The molecular formula is C16H16ClN3O3S. The number of nitrogens with one attached hydrogen (secondary N) is 3. The van der Waals surface area contributed by atoms with Crippen molar-refractivity contribution in [2.24, 2.45) is 0 Å². The van der Waals surface area contributed by atoms with Crippen LogP contribution >= 0.6 is 23.8 Å². The van der Waals surface area contributed by atoms with E-state index in [0.29, 0.717) is 27.1 Å². The number of amides is 1. The number of hydrogen-bond acceptors (Lipinski definition) is 4. The average molecular weight is 366 g/mol. The number of hydrazine groups is 1. The summed E-state index contributed by atoms with van der Waals surface area (Å²) in [5.41, 5.74) is 5.00. The van der Waals surface area contributed by atoms with Crippen molar-refractivity contribution in [1.29, 1.82) is 0 Å². The molecule has 3 N–H and O–H groups in total. The van der Waals surface area contributed by atoms with Crippen molar-refractivity contribution in [1.82, 2.24) is 16.2 Å². The first-order chi connectivity index (χ1) is 11.5. The van der Waals surface area contributed by atoms with Crippen molar-refractivity contribution >= 4 is 45.8 Å². The summed E-state index contributed by atoms with van der Waals surface area (Å²) >= 11 is 11.0. The van der Waals surface area contributed by atoms with Crippen LogP contribution in [0, 0.1) is 0 Å². The molecule has 0 spiro atoms. The molecule has 126 valence electrons. The Kier molecular flexibility index (Phi) is 5.01. The van der Waals surface area contributed by atoms with Crippen LogP contribution in [-0.2, 0) is 0 Å². The second kappa shape index (κ2) is 7.19. The Hall–Kier alpha value is -2.12. The molecule has 1 saturated carbocycles. The molecule has 1 heterocycles. The zero-order valence-corrected chi connectivity index (χ0v) is 14.3. The highest BCUT2D eigenvalue weighted by Crippen LogP contribution is 2.18. The van der Waals surface area contributed by atoms with Crippen LogP contribution in [0.4, 0.5) is 0 Å². The highest BCUT2D eigenvalue weighted by molar-refractivity contribution is 7.80. The molecule has 24 heavy (non-hydrogen) atoms. The Balaban J connectivity index is 1.66. The van der Waals surface area contributed by atoms with Crippen molar-refractivity contribution in [3.05, 3.63) is 45.3 Å². The van der Waals surface area contributed by atoms with Gasteiger partial charge in [0.15, 0.2) is 16.3 Å². The summed E-state index contributed by atoms with van der Waals surface area (Å²) in [6, 6.07) is 6.11. The molecule has 1 aliphatic carbocycles. The van der Waals surface area contributed by atoms with E-state index in [1.807, 2.05) is 0 Å². The van der Waals surface area contributed by atoms with Gasteiger partial charge in [-0.25, -0.2) is 0 Å². The predicted molar refractivity (Wildman–Crippen MR) is 96.1 cm³/mol. The summed E-state index contributed by atoms with van der Waals surface area (Å²) < 4.78 is 5.45. The van der Waals surface area contributed by atoms with E-state index in [2.05, 4.69) is 16.2 Å². The van der Waals surface area contributed by atoms with Crippen LogP contribution in [0.5, 0.6) is 0 Å². The molecule has 0 radical (unpaired) electrons. The zero-order valence-electron chi connectivity index (χ0n) is 12.7. The van der Waals surface area contributed by atoms with Crippen LogP contribution in [0.1, 0.15) is 36.2 Å². The van der Waals surface area contributed by atoms with Crippen molar-refractivity contribution in [2.75, 3.05) is 0 Å². The smallest absolute Gasteiger partial charge is 0.305 e. The minimum Gasteiger partial charge on any atom is -0.451 e. The Morgan fingerprint density at radius 3 is 2.71 bits per heavy atom. The van der Waals surface area contributed by atoms with Crippen LogP contribution in [0.15, 0.2) is 33.5 Å². The maximum atomic E-state index is 12.1. The SMILES string of the molecule is O=C(NNC(=S)NC1CCCC1)c1cc(=O)c2cc(Cl)ccc2o1. The molecule has 1 aromatic carbocycles. The second-order valence-electron chi connectivity index (χ2n) is 5.65. The number of carbonyl (C=O) groups is 1. The van der Waals surface area contributed by atoms with Gasteiger partial charge in [-0.05, 0) is 43.3 Å². The first kappa shape index (κ1) is 16.7.